The summed E-state index contributed by atoms with van der Waals surface area (Å²) in [6.07, 6.45) is 2.59. The summed E-state index contributed by atoms with van der Waals surface area (Å²) in [7, 11) is 2.29. The minimum absolute atomic E-state index is 0.564. The van der Waals surface area contributed by atoms with Crippen molar-refractivity contribution in [2.24, 2.45) is 0 Å². The lowest BCUT2D eigenvalue weighted by Crippen LogP contribution is -2.34. The van der Waals surface area contributed by atoms with Crippen LogP contribution in [0.3, 0.4) is 0 Å². The van der Waals surface area contributed by atoms with Crippen molar-refractivity contribution in [3.63, 3.8) is 0 Å². The Kier molecular flexibility index (Phi) is 2.89. The Morgan fingerprint density at radius 2 is 1.60 bits per heavy atom. The summed E-state index contributed by atoms with van der Waals surface area (Å²) in [6.45, 7) is 1.24. The number of nitrogens with zero attached hydrogens (tertiary/aromatic N) is 1. The molecule has 0 saturated carbocycles. The van der Waals surface area contributed by atoms with Crippen molar-refractivity contribution in [1.82, 2.24) is 4.90 Å². The maximum atomic E-state index is 2.57. The summed E-state index contributed by atoms with van der Waals surface area (Å²) in [5, 5.41) is 0. The summed E-state index contributed by atoms with van der Waals surface area (Å²) < 4.78 is 0. The molecule has 1 saturated heterocycles. The molecule has 2 aromatic rings. The Balaban J connectivity index is 1.83. The molecule has 0 radical (unpaired) electrons. The van der Waals surface area contributed by atoms with Crippen LogP contribution in [-0.4, -0.2) is 24.5 Å². The van der Waals surface area contributed by atoms with Crippen molar-refractivity contribution in [3.05, 3.63) is 71.3 Å². The first-order valence-corrected chi connectivity index (χ1v) is 7.68. The van der Waals surface area contributed by atoms with E-state index in [0.717, 1.165) is 12.0 Å². The smallest absolute Gasteiger partial charge is 0.0170 e. The second-order valence-corrected chi connectivity index (χ2v) is 6.27. The lowest BCUT2D eigenvalue weighted by Gasteiger charge is -2.37. The number of likely N-dealkylation sites (N-methyl/N-ethyl adjacent to an activating group) is 1. The SMILES string of the molecule is CN1CCC2c3ccccc3C(c3ccccc3)CC21. The first-order chi connectivity index (χ1) is 9.84. The predicted octanol–water partition coefficient (Wildman–Crippen LogP) is 4.01. The molecule has 20 heavy (non-hydrogen) atoms. The Bertz CT molecular complexity index is 604. The maximum Gasteiger partial charge on any atom is 0.0170 e. The van der Waals surface area contributed by atoms with Crippen LogP contribution in [0.25, 0.3) is 0 Å². The summed E-state index contributed by atoms with van der Waals surface area (Å²) >= 11 is 0. The molecule has 1 fully saturated rings. The average molecular weight is 263 g/mol. The largest absolute Gasteiger partial charge is 0.303 e. The van der Waals surface area contributed by atoms with Crippen LogP contribution in [0.2, 0.25) is 0 Å². The molecule has 3 atom stereocenters. The van der Waals surface area contributed by atoms with Gasteiger partial charge in [-0.05, 0) is 43.1 Å². The fourth-order valence-corrected chi connectivity index (χ4v) is 4.25. The molecule has 1 nitrogen and oxygen atoms in total. The van der Waals surface area contributed by atoms with Crippen LogP contribution in [0.1, 0.15) is 41.4 Å². The van der Waals surface area contributed by atoms with E-state index in [1.165, 1.54) is 24.9 Å². The Hall–Kier alpha value is -1.60. The minimum Gasteiger partial charge on any atom is -0.303 e. The minimum atomic E-state index is 0.564. The van der Waals surface area contributed by atoms with Gasteiger partial charge in [-0.25, -0.2) is 0 Å². The number of likely N-dealkylation sites (tertiary alicyclic amines) is 1. The van der Waals surface area contributed by atoms with Gasteiger partial charge in [-0.3, -0.25) is 0 Å². The van der Waals surface area contributed by atoms with Crippen molar-refractivity contribution in [3.8, 4) is 0 Å². The van der Waals surface area contributed by atoms with Gasteiger partial charge >= 0.3 is 0 Å². The molecule has 0 bridgehead atoms. The van der Waals surface area contributed by atoms with Gasteiger partial charge in [0.15, 0.2) is 0 Å². The standard InChI is InChI=1S/C19H21N/c1-20-12-11-17-15-9-5-6-10-16(15)18(13-19(17)20)14-7-3-2-4-8-14/h2-10,17-19H,11-13H2,1H3. The lowest BCUT2D eigenvalue weighted by atomic mass is 9.71. The third kappa shape index (κ3) is 1.81. The van der Waals surface area contributed by atoms with E-state index in [-0.39, 0.29) is 0 Å². The van der Waals surface area contributed by atoms with Crippen molar-refractivity contribution in [1.29, 1.82) is 0 Å². The van der Waals surface area contributed by atoms with E-state index in [9.17, 15) is 0 Å². The molecular formula is C19H21N. The zero-order chi connectivity index (χ0) is 13.5. The number of benzene rings is 2. The molecule has 0 N–H and O–H groups in total. The van der Waals surface area contributed by atoms with Crippen molar-refractivity contribution in [2.75, 3.05) is 13.6 Å². The lowest BCUT2D eigenvalue weighted by molar-refractivity contribution is 0.265. The Labute approximate surface area is 121 Å². The average Bonchev–Trinajstić information content (AvgIpc) is 2.89. The van der Waals surface area contributed by atoms with Crippen LogP contribution in [0.4, 0.5) is 0 Å². The van der Waals surface area contributed by atoms with Crippen LogP contribution in [0, 0.1) is 0 Å². The Morgan fingerprint density at radius 1 is 0.900 bits per heavy atom. The second-order valence-electron chi connectivity index (χ2n) is 6.27. The van der Waals surface area contributed by atoms with Gasteiger partial charge in [-0.1, -0.05) is 54.6 Å². The zero-order valence-corrected chi connectivity index (χ0v) is 12.0. The fraction of sp³-hybridized carbons (Fsp3) is 0.368. The van der Waals surface area contributed by atoms with Crippen LogP contribution >= 0.6 is 0 Å². The molecule has 1 heterocycles. The third-order valence-electron chi connectivity index (χ3n) is 5.27. The number of hydrogen-bond donors (Lipinski definition) is 0. The topological polar surface area (TPSA) is 3.24 Å². The first-order valence-electron chi connectivity index (χ1n) is 7.68. The first kappa shape index (κ1) is 12.2. The molecule has 1 heteroatoms. The van der Waals surface area contributed by atoms with Gasteiger partial charge in [0.2, 0.25) is 0 Å². The molecule has 0 spiro atoms. The summed E-state index contributed by atoms with van der Waals surface area (Å²) in [5.41, 5.74) is 4.64. The quantitative estimate of drug-likeness (QED) is 0.751. The van der Waals surface area contributed by atoms with Crippen LogP contribution < -0.4 is 0 Å². The third-order valence-corrected chi connectivity index (χ3v) is 5.27. The molecule has 0 amide bonds. The number of fused-ring (bicyclic) bond motifs is 3. The van der Waals surface area contributed by atoms with E-state index in [0.29, 0.717) is 5.92 Å². The van der Waals surface area contributed by atoms with Gasteiger partial charge in [-0.2, -0.15) is 0 Å². The van der Waals surface area contributed by atoms with E-state index in [1.807, 2.05) is 0 Å². The van der Waals surface area contributed by atoms with Crippen molar-refractivity contribution >= 4 is 0 Å². The predicted molar refractivity (Wildman–Crippen MR) is 83.1 cm³/mol. The second kappa shape index (κ2) is 4.75. The van der Waals surface area contributed by atoms with Gasteiger partial charge in [0, 0.05) is 17.9 Å². The molecule has 1 aliphatic heterocycles. The van der Waals surface area contributed by atoms with E-state index in [2.05, 4.69) is 66.5 Å². The van der Waals surface area contributed by atoms with E-state index >= 15 is 0 Å². The highest BCUT2D eigenvalue weighted by atomic mass is 15.2. The van der Waals surface area contributed by atoms with Crippen LogP contribution in [0.15, 0.2) is 54.6 Å². The van der Waals surface area contributed by atoms with Crippen LogP contribution in [0.5, 0.6) is 0 Å². The molecule has 0 aromatic heterocycles. The summed E-state index contributed by atoms with van der Waals surface area (Å²) in [6, 6.07) is 20.9. The van der Waals surface area contributed by atoms with Gasteiger partial charge in [0.05, 0.1) is 0 Å². The molecule has 4 rings (SSSR count). The number of hydrogen-bond acceptors (Lipinski definition) is 1. The number of rotatable bonds is 1. The molecule has 102 valence electrons. The van der Waals surface area contributed by atoms with Gasteiger partial charge < -0.3 is 4.90 Å². The van der Waals surface area contributed by atoms with Gasteiger partial charge in [0.25, 0.3) is 0 Å². The fourth-order valence-electron chi connectivity index (χ4n) is 4.25. The monoisotopic (exact) mass is 263 g/mol. The van der Waals surface area contributed by atoms with E-state index in [1.54, 1.807) is 11.1 Å². The highest BCUT2D eigenvalue weighted by molar-refractivity contribution is 5.44. The van der Waals surface area contributed by atoms with E-state index < -0.39 is 0 Å². The molecular weight excluding hydrogens is 242 g/mol. The van der Waals surface area contributed by atoms with Crippen LogP contribution in [-0.2, 0) is 0 Å². The normalized spacial score (nSPS) is 28.9. The molecule has 2 aromatic carbocycles. The molecule has 3 unspecified atom stereocenters. The summed E-state index contributed by atoms with van der Waals surface area (Å²) in [5.74, 6) is 1.31. The van der Waals surface area contributed by atoms with Gasteiger partial charge in [-0.15, -0.1) is 0 Å². The summed E-state index contributed by atoms with van der Waals surface area (Å²) in [4.78, 5) is 2.57. The Morgan fingerprint density at radius 3 is 2.40 bits per heavy atom. The maximum absolute atomic E-state index is 2.57. The van der Waals surface area contributed by atoms with Crippen molar-refractivity contribution < 1.29 is 0 Å². The van der Waals surface area contributed by atoms with Gasteiger partial charge in [0.1, 0.15) is 0 Å². The van der Waals surface area contributed by atoms with Crippen molar-refractivity contribution in [2.45, 2.75) is 30.7 Å². The highest BCUT2D eigenvalue weighted by Crippen LogP contribution is 2.47. The zero-order valence-electron chi connectivity index (χ0n) is 12.0. The molecule has 1 aliphatic carbocycles. The van der Waals surface area contributed by atoms with E-state index in [4.69, 9.17) is 0 Å². The highest BCUT2D eigenvalue weighted by Gasteiger charge is 2.40. The molecule has 2 aliphatic rings.